The van der Waals surface area contributed by atoms with Crippen molar-refractivity contribution in [1.82, 2.24) is 0 Å². The van der Waals surface area contributed by atoms with Crippen molar-refractivity contribution < 1.29 is 9.66 Å². The summed E-state index contributed by atoms with van der Waals surface area (Å²) < 4.78 is 5.53. The standard InChI is InChI=1S/C14H20N2O3/c1-3-5-6-8-19-14-10-12(15-7-4-2)9-13(11-14)16(17)18/h3,9-11,15H,1,4-8H2,2H3. The summed E-state index contributed by atoms with van der Waals surface area (Å²) in [5.74, 6) is 0.525. The fourth-order valence-corrected chi connectivity index (χ4v) is 1.56. The van der Waals surface area contributed by atoms with Gasteiger partial charge < -0.3 is 10.1 Å². The van der Waals surface area contributed by atoms with Crippen molar-refractivity contribution >= 4 is 11.4 Å². The van der Waals surface area contributed by atoms with Crippen LogP contribution in [0.25, 0.3) is 0 Å². The van der Waals surface area contributed by atoms with Crippen LogP contribution in [0.3, 0.4) is 0 Å². The highest BCUT2D eigenvalue weighted by atomic mass is 16.6. The van der Waals surface area contributed by atoms with E-state index < -0.39 is 4.92 Å². The van der Waals surface area contributed by atoms with Gasteiger partial charge in [0.15, 0.2) is 0 Å². The average Bonchev–Trinajstić information content (AvgIpc) is 2.41. The Hall–Kier alpha value is -2.04. The summed E-state index contributed by atoms with van der Waals surface area (Å²) >= 11 is 0. The maximum atomic E-state index is 10.9. The Kier molecular flexibility index (Phi) is 6.43. The number of unbranched alkanes of at least 4 members (excludes halogenated alkanes) is 1. The highest BCUT2D eigenvalue weighted by molar-refractivity contribution is 5.56. The second-order valence-corrected chi connectivity index (χ2v) is 4.18. The van der Waals surface area contributed by atoms with Gasteiger partial charge in [-0.05, 0) is 19.3 Å². The summed E-state index contributed by atoms with van der Waals surface area (Å²) in [6.07, 6.45) is 4.50. The molecule has 1 N–H and O–H groups in total. The zero-order valence-electron chi connectivity index (χ0n) is 11.2. The third-order valence-electron chi connectivity index (χ3n) is 2.50. The van der Waals surface area contributed by atoms with E-state index in [0.29, 0.717) is 12.4 Å². The lowest BCUT2D eigenvalue weighted by Gasteiger charge is -2.09. The maximum absolute atomic E-state index is 10.9. The average molecular weight is 264 g/mol. The number of allylic oxidation sites excluding steroid dienone is 1. The number of nitrogens with one attached hydrogen (secondary N) is 1. The van der Waals surface area contributed by atoms with Crippen molar-refractivity contribution in [2.75, 3.05) is 18.5 Å². The normalized spacial score (nSPS) is 9.95. The minimum Gasteiger partial charge on any atom is -0.493 e. The zero-order valence-corrected chi connectivity index (χ0v) is 11.2. The number of nitro benzene ring substituents is 1. The number of non-ortho nitro benzene ring substituents is 1. The topological polar surface area (TPSA) is 64.4 Å². The van der Waals surface area contributed by atoms with Gasteiger partial charge in [-0.2, -0.15) is 0 Å². The molecule has 0 bridgehead atoms. The number of nitro groups is 1. The largest absolute Gasteiger partial charge is 0.493 e. The Balaban J connectivity index is 2.74. The van der Waals surface area contributed by atoms with Crippen molar-refractivity contribution in [3.63, 3.8) is 0 Å². The first-order chi connectivity index (χ1) is 9.17. The number of hydrogen-bond acceptors (Lipinski definition) is 4. The first-order valence-electron chi connectivity index (χ1n) is 6.44. The molecular weight excluding hydrogens is 244 g/mol. The zero-order chi connectivity index (χ0) is 14.1. The van der Waals surface area contributed by atoms with Crippen LogP contribution in [-0.2, 0) is 0 Å². The van der Waals surface area contributed by atoms with Crippen LogP contribution in [0, 0.1) is 10.1 Å². The molecule has 5 heteroatoms. The lowest BCUT2D eigenvalue weighted by Crippen LogP contribution is -2.02. The molecule has 0 amide bonds. The van der Waals surface area contributed by atoms with E-state index in [9.17, 15) is 10.1 Å². The summed E-state index contributed by atoms with van der Waals surface area (Å²) in [6, 6.07) is 4.76. The maximum Gasteiger partial charge on any atom is 0.275 e. The van der Waals surface area contributed by atoms with Crippen molar-refractivity contribution in [2.45, 2.75) is 26.2 Å². The molecule has 0 aliphatic rings. The van der Waals surface area contributed by atoms with E-state index in [2.05, 4.69) is 11.9 Å². The Morgan fingerprint density at radius 2 is 2.26 bits per heavy atom. The van der Waals surface area contributed by atoms with E-state index in [0.717, 1.165) is 31.5 Å². The van der Waals surface area contributed by atoms with Crippen LogP contribution in [0.15, 0.2) is 30.9 Å². The van der Waals surface area contributed by atoms with E-state index >= 15 is 0 Å². The lowest BCUT2D eigenvalue weighted by atomic mass is 10.2. The Labute approximate surface area is 113 Å². The molecular formula is C14H20N2O3. The molecule has 0 saturated carbocycles. The summed E-state index contributed by atoms with van der Waals surface area (Å²) in [7, 11) is 0. The van der Waals surface area contributed by atoms with Gasteiger partial charge in [0.2, 0.25) is 0 Å². The molecule has 19 heavy (non-hydrogen) atoms. The minimum absolute atomic E-state index is 0.0415. The SMILES string of the molecule is C=CCCCOc1cc(NCCC)cc([N+](=O)[O-])c1. The molecule has 0 aliphatic carbocycles. The van der Waals surface area contributed by atoms with E-state index in [-0.39, 0.29) is 5.69 Å². The number of hydrogen-bond donors (Lipinski definition) is 1. The van der Waals surface area contributed by atoms with Gasteiger partial charge in [0.1, 0.15) is 5.75 Å². The second kappa shape index (κ2) is 8.13. The first-order valence-corrected chi connectivity index (χ1v) is 6.44. The smallest absolute Gasteiger partial charge is 0.275 e. The fraction of sp³-hybridized carbons (Fsp3) is 0.429. The number of nitrogens with zero attached hydrogens (tertiary/aromatic N) is 1. The molecule has 0 atom stereocenters. The van der Waals surface area contributed by atoms with Gasteiger partial charge in [-0.25, -0.2) is 0 Å². The summed E-state index contributed by atoms with van der Waals surface area (Å²) in [4.78, 5) is 10.5. The molecule has 0 aliphatic heterocycles. The molecule has 0 spiro atoms. The van der Waals surface area contributed by atoms with Gasteiger partial charge >= 0.3 is 0 Å². The lowest BCUT2D eigenvalue weighted by molar-refractivity contribution is -0.384. The van der Waals surface area contributed by atoms with Crippen molar-refractivity contribution in [2.24, 2.45) is 0 Å². The molecule has 0 saturated heterocycles. The monoisotopic (exact) mass is 264 g/mol. The molecule has 0 aromatic heterocycles. The van der Waals surface area contributed by atoms with E-state index in [1.54, 1.807) is 6.07 Å². The molecule has 1 aromatic rings. The van der Waals surface area contributed by atoms with Gasteiger partial charge in [-0.1, -0.05) is 13.0 Å². The molecule has 0 fully saturated rings. The second-order valence-electron chi connectivity index (χ2n) is 4.18. The minimum atomic E-state index is -0.409. The summed E-state index contributed by atoms with van der Waals surface area (Å²) in [5.41, 5.74) is 0.759. The van der Waals surface area contributed by atoms with Crippen LogP contribution in [0.2, 0.25) is 0 Å². The van der Waals surface area contributed by atoms with Crippen LogP contribution in [0.1, 0.15) is 26.2 Å². The first kappa shape index (κ1) is 15.0. The molecule has 0 heterocycles. The van der Waals surface area contributed by atoms with Crippen LogP contribution in [0.5, 0.6) is 5.75 Å². The van der Waals surface area contributed by atoms with Gasteiger partial charge in [0, 0.05) is 24.4 Å². The summed E-state index contributed by atoms with van der Waals surface area (Å²) in [6.45, 7) is 6.98. The molecule has 1 aromatic carbocycles. The van der Waals surface area contributed by atoms with Crippen LogP contribution in [-0.4, -0.2) is 18.1 Å². The predicted octanol–water partition coefficient (Wildman–Crippen LogP) is 3.76. The number of rotatable bonds is 9. The van der Waals surface area contributed by atoms with E-state index in [1.807, 2.05) is 13.0 Å². The van der Waals surface area contributed by atoms with Crippen LogP contribution in [0.4, 0.5) is 11.4 Å². The number of benzene rings is 1. The number of anilines is 1. The van der Waals surface area contributed by atoms with E-state index in [1.165, 1.54) is 12.1 Å². The fourth-order valence-electron chi connectivity index (χ4n) is 1.56. The highest BCUT2D eigenvalue weighted by Crippen LogP contribution is 2.26. The Bertz CT molecular complexity index is 433. The van der Waals surface area contributed by atoms with Gasteiger partial charge in [0.05, 0.1) is 17.6 Å². The quantitative estimate of drug-likeness (QED) is 0.319. The molecule has 1 rings (SSSR count). The molecule has 0 radical (unpaired) electrons. The van der Waals surface area contributed by atoms with Crippen LogP contribution >= 0.6 is 0 Å². The third-order valence-corrected chi connectivity index (χ3v) is 2.50. The van der Waals surface area contributed by atoms with Gasteiger partial charge in [-0.3, -0.25) is 10.1 Å². The Morgan fingerprint density at radius 1 is 1.47 bits per heavy atom. The Morgan fingerprint density at radius 3 is 2.89 bits per heavy atom. The predicted molar refractivity (Wildman–Crippen MR) is 76.8 cm³/mol. The van der Waals surface area contributed by atoms with Crippen molar-refractivity contribution in [3.8, 4) is 5.75 Å². The van der Waals surface area contributed by atoms with Gasteiger partial charge in [-0.15, -0.1) is 6.58 Å². The highest BCUT2D eigenvalue weighted by Gasteiger charge is 2.10. The number of ether oxygens (including phenoxy) is 1. The molecule has 5 nitrogen and oxygen atoms in total. The molecule has 0 unspecified atom stereocenters. The van der Waals surface area contributed by atoms with Crippen LogP contribution < -0.4 is 10.1 Å². The summed E-state index contributed by atoms with van der Waals surface area (Å²) in [5, 5.41) is 14.0. The van der Waals surface area contributed by atoms with E-state index in [4.69, 9.17) is 4.74 Å². The van der Waals surface area contributed by atoms with Crippen molar-refractivity contribution in [1.29, 1.82) is 0 Å². The van der Waals surface area contributed by atoms with Gasteiger partial charge in [0.25, 0.3) is 5.69 Å². The van der Waals surface area contributed by atoms with Crippen molar-refractivity contribution in [3.05, 3.63) is 41.0 Å². The molecule has 104 valence electrons. The third kappa shape index (κ3) is 5.42.